The maximum atomic E-state index is 10.7. The summed E-state index contributed by atoms with van der Waals surface area (Å²) in [7, 11) is 0. The Balaban J connectivity index is 2.90. The number of aryl methyl sites for hydroxylation is 1. The van der Waals surface area contributed by atoms with Gasteiger partial charge in [0.15, 0.2) is 4.88 Å². The summed E-state index contributed by atoms with van der Waals surface area (Å²) in [6, 6.07) is 0. The number of carboxylic acid groups (broad SMARTS) is 1. The Kier molecular flexibility index (Phi) is 3.02. The van der Waals surface area contributed by atoms with Crippen LogP contribution in [0, 0.1) is 6.92 Å². The van der Waals surface area contributed by atoms with Crippen LogP contribution in [0.4, 0.5) is 0 Å². The number of hydrogen-bond donors (Lipinski definition) is 1. The van der Waals surface area contributed by atoms with Gasteiger partial charge in [-0.1, -0.05) is 12.7 Å². The molecular formula is C8H9NO3S. The molecule has 1 aromatic heterocycles. The number of aromatic carboxylic acids is 1. The van der Waals surface area contributed by atoms with Crippen LogP contribution in [0.15, 0.2) is 12.7 Å². The highest BCUT2D eigenvalue weighted by Gasteiger charge is 2.16. The molecule has 0 spiro atoms. The molecule has 1 heterocycles. The predicted molar refractivity (Wildman–Crippen MR) is 49.5 cm³/mol. The highest BCUT2D eigenvalue weighted by Crippen LogP contribution is 2.24. The van der Waals surface area contributed by atoms with Crippen LogP contribution in [0.2, 0.25) is 0 Å². The van der Waals surface area contributed by atoms with Crippen molar-refractivity contribution in [2.24, 2.45) is 0 Å². The largest absolute Gasteiger partial charge is 0.477 e. The van der Waals surface area contributed by atoms with Crippen LogP contribution in [0.5, 0.6) is 5.88 Å². The summed E-state index contributed by atoms with van der Waals surface area (Å²) < 4.78 is 5.07. The molecule has 0 saturated carbocycles. The van der Waals surface area contributed by atoms with E-state index in [0.29, 0.717) is 5.01 Å². The van der Waals surface area contributed by atoms with E-state index < -0.39 is 5.97 Å². The minimum absolute atomic E-state index is 0.138. The Morgan fingerprint density at radius 3 is 3.08 bits per heavy atom. The van der Waals surface area contributed by atoms with Crippen molar-refractivity contribution >= 4 is 17.3 Å². The number of aromatic nitrogens is 1. The maximum Gasteiger partial charge on any atom is 0.351 e. The predicted octanol–water partition coefficient (Wildman–Crippen LogP) is 1.71. The van der Waals surface area contributed by atoms with Crippen molar-refractivity contribution in [2.75, 3.05) is 6.61 Å². The van der Waals surface area contributed by atoms with Crippen LogP contribution in [0.3, 0.4) is 0 Å². The molecule has 0 aromatic carbocycles. The van der Waals surface area contributed by atoms with E-state index in [4.69, 9.17) is 9.84 Å². The highest BCUT2D eigenvalue weighted by molar-refractivity contribution is 7.13. The zero-order valence-corrected chi connectivity index (χ0v) is 7.93. The second-order valence-electron chi connectivity index (χ2n) is 2.27. The number of nitrogens with zero attached hydrogens (tertiary/aromatic N) is 1. The van der Waals surface area contributed by atoms with Crippen molar-refractivity contribution in [3.63, 3.8) is 0 Å². The number of carbonyl (C=O) groups is 1. The fourth-order valence-electron chi connectivity index (χ4n) is 0.779. The Morgan fingerprint density at radius 1 is 1.85 bits per heavy atom. The number of thiazole rings is 1. The van der Waals surface area contributed by atoms with E-state index in [9.17, 15) is 4.79 Å². The molecule has 13 heavy (non-hydrogen) atoms. The zero-order chi connectivity index (χ0) is 9.84. The molecular weight excluding hydrogens is 190 g/mol. The van der Waals surface area contributed by atoms with Gasteiger partial charge in [0.25, 0.3) is 0 Å². The number of hydrogen-bond acceptors (Lipinski definition) is 4. The molecule has 5 heteroatoms. The normalized spacial score (nSPS) is 9.62. The summed E-state index contributed by atoms with van der Waals surface area (Å²) in [5, 5.41) is 9.42. The van der Waals surface area contributed by atoms with Crippen LogP contribution in [-0.2, 0) is 0 Å². The molecule has 0 amide bonds. The van der Waals surface area contributed by atoms with Gasteiger partial charge in [-0.15, -0.1) is 11.3 Å². The van der Waals surface area contributed by atoms with Gasteiger partial charge in [-0.05, 0) is 6.92 Å². The molecule has 0 aliphatic heterocycles. The lowest BCUT2D eigenvalue weighted by Gasteiger charge is -1.98. The summed E-state index contributed by atoms with van der Waals surface area (Å²) in [5.74, 6) is -0.834. The van der Waals surface area contributed by atoms with E-state index in [-0.39, 0.29) is 17.4 Å². The van der Waals surface area contributed by atoms with Crippen LogP contribution in [0.25, 0.3) is 0 Å². The van der Waals surface area contributed by atoms with Gasteiger partial charge >= 0.3 is 5.97 Å². The lowest BCUT2D eigenvalue weighted by atomic mass is 10.5. The molecule has 0 fully saturated rings. The molecule has 4 nitrogen and oxygen atoms in total. The second-order valence-corrected chi connectivity index (χ2v) is 3.48. The molecule has 1 rings (SSSR count). The summed E-state index contributed by atoms with van der Waals surface area (Å²) in [6.07, 6.45) is 1.54. The molecule has 0 unspecified atom stereocenters. The first-order valence-electron chi connectivity index (χ1n) is 3.59. The SMILES string of the molecule is C=CCOc1nc(C)sc1C(=O)O. The standard InChI is InChI=1S/C8H9NO3S/c1-3-4-12-7-6(8(10)11)13-5(2)9-7/h3H,1,4H2,2H3,(H,10,11). The molecule has 0 saturated heterocycles. The lowest BCUT2D eigenvalue weighted by molar-refractivity contribution is 0.0698. The number of ether oxygens (including phenoxy) is 1. The van der Waals surface area contributed by atoms with Gasteiger partial charge in [0.1, 0.15) is 6.61 Å². The third kappa shape index (κ3) is 2.29. The third-order valence-electron chi connectivity index (χ3n) is 1.24. The van der Waals surface area contributed by atoms with Crippen molar-refractivity contribution in [3.8, 4) is 5.88 Å². The monoisotopic (exact) mass is 199 g/mol. The van der Waals surface area contributed by atoms with Gasteiger partial charge < -0.3 is 9.84 Å². The van der Waals surface area contributed by atoms with Crippen LogP contribution < -0.4 is 4.74 Å². The quantitative estimate of drug-likeness (QED) is 0.750. The van der Waals surface area contributed by atoms with E-state index in [1.807, 2.05) is 0 Å². The van der Waals surface area contributed by atoms with Gasteiger partial charge in [-0.3, -0.25) is 0 Å². The van der Waals surface area contributed by atoms with Crippen molar-refractivity contribution in [1.82, 2.24) is 4.98 Å². The minimum atomic E-state index is -1.01. The molecule has 0 bridgehead atoms. The van der Waals surface area contributed by atoms with Crippen molar-refractivity contribution < 1.29 is 14.6 Å². The van der Waals surface area contributed by atoms with E-state index in [1.54, 1.807) is 13.0 Å². The summed E-state index contributed by atoms with van der Waals surface area (Å²) in [5.41, 5.74) is 0. The van der Waals surface area contributed by atoms with Gasteiger partial charge in [0.2, 0.25) is 5.88 Å². The van der Waals surface area contributed by atoms with Gasteiger partial charge in [0.05, 0.1) is 5.01 Å². The fourth-order valence-corrected chi connectivity index (χ4v) is 1.48. The fraction of sp³-hybridized carbons (Fsp3) is 0.250. The van der Waals surface area contributed by atoms with Crippen molar-refractivity contribution in [3.05, 3.63) is 22.5 Å². The molecule has 0 aliphatic carbocycles. The average molecular weight is 199 g/mol. The summed E-state index contributed by atoms with van der Waals surface area (Å²) in [4.78, 5) is 14.7. The van der Waals surface area contributed by atoms with Gasteiger partial charge in [-0.25, -0.2) is 9.78 Å². The van der Waals surface area contributed by atoms with E-state index in [1.165, 1.54) is 0 Å². The Labute approximate surface area is 79.5 Å². The first kappa shape index (κ1) is 9.73. The van der Waals surface area contributed by atoms with Gasteiger partial charge in [0, 0.05) is 0 Å². The second kappa shape index (κ2) is 4.04. The molecule has 70 valence electrons. The number of rotatable bonds is 4. The Morgan fingerprint density at radius 2 is 2.54 bits per heavy atom. The van der Waals surface area contributed by atoms with E-state index in [0.717, 1.165) is 11.3 Å². The maximum absolute atomic E-state index is 10.7. The van der Waals surface area contributed by atoms with E-state index in [2.05, 4.69) is 11.6 Å². The van der Waals surface area contributed by atoms with Crippen molar-refractivity contribution in [2.45, 2.75) is 6.92 Å². The van der Waals surface area contributed by atoms with E-state index >= 15 is 0 Å². The first-order chi connectivity index (χ1) is 6.15. The Hall–Kier alpha value is -1.36. The molecule has 0 aliphatic rings. The average Bonchev–Trinajstić information content (AvgIpc) is 2.43. The molecule has 1 aromatic rings. The topological polar surface area (TPSA) is 59.4 Å². The smallest absolute Gasteiger partial charge is 0.351 e. The summed E-state index contributed by atoms with van der Waals surface area (Å²) in [6.45, 7) is 5.46. The van der Waals surface area contributed by atoms with Crippen molar-refractivity contribution in [1.29, 1.82) is 0 Å². The summed E-state index contributed by atoms with van der Waals surface area (Å²) >= 11 is 1.10. The Bertz CT molecular complexity index is 332. The lowest BCUT2D eigenvalue weighted by Crippen LogP contribution is -2.00. The van der Waals surface area contributed by atoms with Crippen LogP contribution in [0.1, 0.15) is 14.7 Å². The third-order valence-corrected chi connectivity index (χ3v) is 2.18. The molecule has 0 atom stereocenters. The molecule has 0 radical (unpaired) electrons. The molecule has 1 N–H and O–H groups in total. The van der Waals surface area contributed by atoms with Crippen LogP contribution >= 0.6 is 11.3 Å². The zero-order valence-electron chi connectivity index (χ0n) is 7.11. The number of carboxylic acids is 1. The first-order valence-corrected chi connectivity index (χ1v) is 4.41. The van der Waals surface area contributed by atoms with Crippen LogP contribution in [-0.4, -0.2) is 22.7 Å². The highest BCUT2D eigenvalue weighted by atomic mass is 32.1. The van der Waals surface area contributed by atoms with Gasteiger partial charge in [-0.2, -0.15) is 0 Å². The minimum Gasteiger partial charge on any atom is -0.477 e.